The molecule has 2 aromatic carbocycles. The second-order valence-corrected chi connectivity index (χ2v) is 6.82. The number of aryl methyl sites for hydroxylation is 2. The third-order valence-electron chi connectivity index (χ3n) is 4.69. The van der Waals surface area contributed by atoms with Crippen molar-refractivity contribution in [2.45, 2.75) is 26.2 Å². The van der Waals surface area contributed by atoms with Crippen LogP contribution in [-0.2, 0) is 20.8 Å². The number of carbonyl (C=O) groups excluding carboxylic acids is 2. The lowest BCUT2D eigenvalue weighted by molar-refractivity contribution is -0.137. The smallest absolute Gasteiger partial charge is 0.303 e. The van der Waals surface area contributed by atoms with Crippen LogP contribution < -0.4 is 10.2 Å². The summed E-state index contributed by atoms with van der Waals surface area (Å²) in [6, 6.07) is 14.8. The van der Waals surface area contributed by atoms with Crippen LogP contribution in [0.2, 0.25) is 0 Å². The second-order valence-electron chi connectivity index (χ2n) is 6.82. The summed E-state index contributed by atoms with van der Waals surface area (Å²) in [5.74, 6) is -1.47. The fourth-order valence-corrected chi connectivity index (χ4v) is 3.11. The highest BCUT2D eigenvalue weighted by Gasteiger charge is 2.35. The molecule has 6 heteroatoms. The van der Waals surface area contributed by atoms with Gasteiger partial charge in [0, 0.05) is 30.8 Å². The van der Waals surface area contributed by atoms with Gasteiger partial charge >= 0.3 is 5.97 Å². The van der Waals surface area contributed by atoms with Crippen LogP contribution in [0.4, 0.5) is 11.4 Å². The predicted molar refractivity (Wildman–Crippen MR) is 103 cm³/mol. The molecule has 1 unspecified atom stereocenters. The Labute approximate surface area is 157 Å². The monoisotopic (exact) mass is 366 g/mol. The van der Waals surface area contributed by atoms with Crippen LogP contribution in [0.25, 0.3) is 0 Å². The zero-order valence-electron chi connectivity index (χ0n) is 15.1. The van der Waals surface area contributed by atoms with Crippen molar-refractivity contribution in [3.05, 3.63) is 59.7 Å². The maximum absolute atomic E-state index is 12.5. The molecule has 1 atom stereocenters. The molecule has 1 heterocycles. The molecule has 0 aliphatic carbocycles. The molecule has 1 fully saturated rings. The Bertz CT molecular complexity index is 843. The van der Waals surface area contributed by atoms with E-state index < -0.39 is 11.9 Å². The summed E-state index contributed by atoms with van der Waals surface area (Å²) in [4.78, 5) is 37.1. The van der Waals surface area contributed by atoms with Crippen molar-refractivity contribution < 1.29 is 19.5 Å². The van der Waals surface area contributed by atoms with Gasteiger partial charge in [0.25, 0.3) is 0 Å². The number of carboxylic acids is 1. The summed E-state index contributed by atoms with van der Waals surface area (Å²) < 4.78 is 0. The number of carbonyl (C=O) groups is 3. The number of nitrogens with zero attached hydrogens (tertiary/aromatic N) is 1. The molecule has 1 aliphatic heterocycles. The first-order valence-electron chi connectivity index (χ1n) is 8.91. The molecule has 6 nitrogen and oxygen atoms in total. The standard InChI is InChI=1S/C21H22N2O4/c1-14-2-9-18(10-3-14)23-13-16(12-19(23)24)21(27)22-17-7-4-15(5-8-17)6-11-20(25)26/h2-5,7-10,16H,6,11-13H2,1H3,(H,22,27)(H,25,26). The molecule has 3 rings (SSSR count). The molecule has 140 valence electrons. The van der Waals surface area contributed by atoms with E-state index >= 15 is 0 Å². The van der Waals surface area contributed by atoms with E-state index in [9.17, 15) is 14.4 Å². The minimum absolute atomic E-state index is 0.0528. The normalized spacial score (nSPS) is 16.4. The van der Waals surface area contributed by atoms with Gasteiger partial charge in [-0.05, 0) is 43.2 Å². The van der Waals surface area contributed by atoms with Crippen molar-refractivity contribution in [3.63, 3.8) is 0 Å². The van der Waals surface area contributed by atoms with E-state index in [4.69, 9.17) is 5.11 Å². The van der Waals surface area contributed by atoms with E-state index in [0.29, 0.717) is 18.7 Å². The zero-order chi connectivity index (χ0) is 19.4. The Morgan fingerprint density at radius 2 is 1.78 bits per heavy atom. The summed E-state index contributed by atoms with van der Waals surface area (Å²) in [5, 5.41) is 11.6. The quantitative estimate of drug-likeness (QED) is 0.823. The summed E-state index contributed by atoms with van der Waals surface area (Å²) in [6.45, 7) is 2.35. The highest BCUT2D eigenvalue weighted by molar-refractivity contribution is 6.03. The fourth-order valence-electron chi connectivity index (χ4n) is 3.11. The molecule has 2 amide bonds. The minimum atomic E-state index is -0.837. The fraction of sp³-hybridized carbons (Fsp3) is 0.286. The number of amides is 2. The predicted octanol–water partition coefficient (Wildman–Crippen LogP) is 3.00. The lowest BCUT2D eigenvalue weighted by Gasteiger charge is -2.17. The van der Waals surface area contributed by atoms with Gasteiger partial charge in [0.1, 0.15) is 0 Å². The van der Waals surface area contributed by atoms with Crippen LogP contribution in [0.15, 0.2) is 48.5 Å². The first kappa shape index (κ1) is 18.6. The third-order valence-corrected chi connectivity index (χ3v) is 4.69. The summed E-state index contributed by atoms with van der Waals surface area (Å²) in [6.07, 6.45) is 0.716. The summed E-state index contributed by atoms with van der Waals surface area (Å²) in [5.41, 5.74) is 3.47. The van der Waals surface area contributed by atoms with E-state index in [1.54, 1.807) is 29.2 Å². The largest absolute Gasteiger partial charge is 0.481 e. The first-order chi connectivity index (χ1) is 12.9. The maximum atomic E-state index is 12.5. The Morgan fingerprint density at radius 1 is 1.11 bits per heavy atom. The Hall–Kier alpha value is -3.15. The third kappa shape index (κ3) is 4.73. The number of rotatable bonds is 6. The van der Waals surface area contributed by atoms with Gasteiger partial charge in [-0.2, -0.15) is 0 Å². The molecule has 0 spiro atoms. The Kier molecular flexibility index (Phi) is 5.54. The lowest BCUT2D eigenvalue weighted by Crippen LogP contribution is -2.28. The zero-order valence-corrected chi connectivity index (χ0v) is 15.1. The number of hydrogen-bond donors (Lipinski definition) is 2. The number of hydrogen-bond acceptors (Lipinski definition) is 3. The number of benzene rings is 2. The van der Waals surface area contributed by atoms with E-state index in [2.05, 4.69) is 5.32 Å². The van der Waals surface area contributed by atoms with E-state index in [1.807, 2.05) is 31.2 Å². The number of aliphatic carboxylic acids is 1. The summed E-state index contributed by atoms with van der Waals surface area (Å²) >= 11 is 0. The van der Waals surface area contributed by atoms with E-state index in [0.717, 1.165) is 16.8 Å². The molecule has 1 aliphatic rings. The maximum Gasteiger partial charge on any atom is 0.303 e. The molecular formula is C21H22N2O4. The Morgan fingerprint density at radius 3 is 2.41 bits per heavy atom. The average molecular weight is 366 g/mol. The SMILES string of the molecule is Cc1ccc(N2CC(C(=O)Nc3ccc(CCC(=O)O)cc3)CC2=O)cc1. The molecule has 0 saturated carbocycles. The lowest BCUT2D eigenvalue weighted by atomic mass is 10.1. The van der Waals surface area contributed by atoms with Crippen molar-refractivity contribution in [1.82, 2.24) is 0 Å². The van der Waals surface area contributed by atoms with Crippen LogP contribution in [0.5, 0.6) is 0 Å². The highest BCUT2D eigenvalue weighted by atomic mass is 16.4. The van der Waals surface area contributed by atoms with Crippen LogP contribution in [0, 0.1) is 12.8 Å². The van der Waals surface area contributed by atoms with E-state index in [-0.39, 0.29) is 24.7 Å². The van der Waals surface area contributed by atoms with Crippen molar-refractivity contribution in [1.29, 1.82) is 0 Å². The van der Waals surface area contributed by atoms with Gasteiger partial charge in [-0.25, -0.2) is 0 Å². The van der Waals surface area contributed by atoms with Crippen molar-refractivity contribution in [2.24, 2.45) is 5.92 Å². The molecular weight excluding hydrogens is 344 g/mol. The molecule has 0 aromatic heterocycles. The minimum Gasteiger partial charge on any atom is -0.481 e. The van der Waals surface area contributed by atoms with Crippen LogP contribution in [0.3, 0.4) is 0 Å². The molecule has 0 bridgehead atoms. The summed E-state index contributed by atoms with van der Waals surface area (Å²) in [7, 11) is 0. The molecule has 27 heavy (non-hydrogen) atoms. The van der Waals surface area contributed by atoms with Crippen molar-refractivity contribution in [3.8, 4) is 0 Å². The molecule has 2 N–H and O–H groups in total. The highest BCUT2D eigenvalue weighted by Crippen LogP contribution is 2.26. The van der Waals surface area contributed by atoms with Crippen LogP contribution in [0.1, 0.15) is 24.0 Å². The first-order valence-corrected chi connectivity index (χ1v) is 8.91. The molecule has 0 radical (unpaired) electrons. The van der Waals surface area contributed by atoms with Gasteiger partial charge in [0.05, 0.1) is 5.92 Å². The second kappa shape index (κ2) is 8.03. The van der Waals surface area contributed by atoms with Gasteiger partial charge < -0.3 is 15.3 Å². The van der Waals surface area contributed by atoms with Gasteiger partial charge in [0.2, 0.25) is 11.8 Å². The number of carboxylic acid groups (broad SMARTS) is 1. The van der Waals surface area contributed by atoms with Gasteiger partial charge in [-0.3, -0.25) is 14.4 Å². The van der Waals surface area contributed by atoms with Gasteiger partial charge in [-0.1, -0.05) is 29.8 Å². The number of nitrogens with one attached hydrogen (secondary N) is 1. The van der Waals surface area contributed by atoms with E-state index in [1.165, 1.54) is 0 Å². The van der Waals surface area contributed by atoms with Gasteiger partial charge in [-0.15, -0.1) is 0 Å². The van der Waals surface area contributed by atoms with Crippen LogP contribution in [-0.4, -0.2) is 29.4 Å². The molecule has 1 saturated heterocycles. The van der Waals surface area contributed by atoms with Crippen LogP contribution >= 0.6 is 0 Å². The van der Waals surface area contributed by atoms with Gasteiger partial charge in [0.15, 0.2) is 0 Å². The van der Waals surface area contributed by atoms with Crippen molar-refractivity contribution >= 4 is 29.2 Å². The number of anilines is 2. The topological polar surface area (TPSA) is 86.7 Å². The van der Waals surface area contributed by atoms with Crippen molar-refractivity contribution in [2.75, 3.05) is 16.8 Å². The Balaban J connectivity index is 1.59. The molecule has 2 aromatic rings. The average Bonchev–Trinajstić information content (AvgIpc) is 3.03.